The molecule has 29 heavy (non-hydrogen) atoms. The number of benzene rings is 3. The summed E-state index contributed by atoms with van der Waals surface area (Å²) < 4.78 is 0. The summed E-state index contributed by atoms with van der Waals surface area (Å²) in [6, 6.07) is 22.2. The molecule has 1 saturated heterocycles. The van der Waals surface area contributed by atoms with Crippen LogP contribution in [0.15, 0.2) is 71.8 Å². The van der Waals surface area contributed by atoms with Gasteiger partial charge in [0.05, 0.1) is 6.21 Å². The molecule has 0 unspecified atom stereocenters. The number of fused-ring (bicyclic) bond motifs is 1. The molecule has 0 radical (unpaired) electrons. The van der Waals surface area contributed by atoms with Crippen LogP contribution in [-0.4, -0.2) is 30.1 Å². The molecule has 1 N–H and O–H groups in total. The number of carbonyl (C=O) groups excluding carboxylic acids is 1. The fourth-order valence-electron chi connectivity index (χ4n) is 3.82. The Kier molecular flexibility index (Phi) is 6.23. The minimum atomic E-state index is 0.00706. The first-order valence-corrected chi connectivity index (χ1v) is 10.3. The maximum Gasteiger partial charge on any atom is 0.243 e. The second-order valence-corrected chi connectivity index (χ2v) is 7.92. The van der Waals surface area contributed by atoms with Crippen LogP contribution in [0, 0.1) is 5.92 Å². The van der Waals surface area contributed by atoms with Gasteiger partial charge in [-0.2, -0.15) is 5.10 Å². The molecule has 5 heteroatoms. The third-order valence-electron chi connectivity index (χ3n) is 5.48. The van der Waals surface area contributed by atoms with E-state index in [0.717, 1.165) is 53.8 Å². The van der Waals surface area contributed by atoms with Gasteiger partial charge in [0.1, 0.15) is 0 Å². The van der Waals surface area contributed by atoms with Crippen molar-refractivity contribution in [3.63, 3.8) is 0 Å². The van der Waals surface area contributed by atoms with Gasteiger partial charge in [0.25, 0.3) is 0 Å². The topological polar surface area (TPSA) is 44.7 Å². The number of likely N-dealkylation sites (tertiary alicyclic amines) is 1. The molecule has 148 valence electrons. The molecule has 0 aromatic heterocycles. The van der Waals surface area contributed by atoms with Crippen molar-refractivity contribution in [1.82, 2.24) is 10.3 Å². The molecule has 1 aliphatic heterocycles. The molecule has 4 rings (SSSR count). The average molecular weight is 406 g/mol. The maximum absolute atomic E-state index is 12.5. The highest BCUT2D eigenvalue weighted by Crippen LogP contribution is 2.20. The smallest absolute Gasteiger partial charge is 0.243 e. The fourth-order valence-corrected chi connectivity index (χ4v) is 3.95. The van der Waals surface area contributed by atoms with Crippen LogP contribution in [0.25, 0.3) is 10.8 Å². The fraction of sp³-hybridized carbons (Fsp3) is 0.250. The minimum Gasteiger partial charge on any atom is -0.299 e. The first kappa shape index (κ1) is 19.6. The molecule has 4 nitrogen and oxygen atoms in total. The lowest BCUT2D eigenvalue weighted by Gasteiger charge is -2.30. The highest BCUT2D eigenvalue weighted by Gasteiger charge is 2.24. The standard InChI is InChI=1S/C24H24ClN3O/c25-22-10-8-18(9-11-22)17-28-14-12-20(13-15-28)24(29)27-26-16-21-6-3-5-19-4-1-2-7-23(19)21/h1-11,16,20H,12-15,17H2,(H,27,29). The molecule has 0 aliphatic carbocycles. The molecular weight excluding hydrogens is 382 g/mol. The Morgan fingerprint density at radius 1 is 1.03 bits per heavy atom. The summed E-state index contributed by atoms with van der Waals surface area (Å²) in [4.78, 5) is 14.9. The van der Waals surface area contributed by atoms with Crippen molar-refractivity contribution in [2.75, 3.05) is 13.1 Å². The van der Waals surface area contributed by atoms with Crippen molar-refractivity contribution in [3.8, 4) is 0 Å². The van der Waals surface area contributed by atoms with Crippen LogP contribution >= 0.6 is 11.6 Å². The van der Waals surface area contributed by atoms with E-state index < -0.39 is 0 Å². The molecule has 0 spiro atoms. The quantitative estimate of drug-likeness (QED) is 0.487. The first-order chi connectivity index (χ1) is 14.2. The highest BCUT2D eigenvalue weighted by atomic mass is 35.5. The molecule has 1 fully saturated rings. The van der Waals surface area contributed by atoms with Gasteiger partial charge in [-0.3, -0.25) is 9.69 Å². The van der Waals surface area contributed by atoms with Gasteiger partial charge in [-0.05, 0) is 54.4 Å². The van der Waals surface area contributed by atoms with Gasteiger partial charge < -0.3 is 0 Å². The van der Waals surface area contributed by atoms with Gasteiger partial charge >= 0.3 is 0 Å². The average Bonchev–Trinajstić information content (AvgIpc) is 2.76. The Bertz CT molecular complexity index is 1000. The first-order valence-electron chi connectivity index (χ1n) is 9.96. The van der Waals surface area contributed by atoms with E-state index in [4.69, 9.17) is 11.6 Å². The Hall–Kier alpha value is -2.69. The maximum atomic E-state index is 12.5. The number of hydrogen-bond acceptors (Lipinski definition) is 3. The zero-order valence-corrected chi connectivity index (χ0v) is 17.0. The molecule has 0 atom stereocenters. The van der Waals surface area contributed by atoms with Gasteiger partial charge in [0, 0.05) is 23.0 Å². The Labute approximate surface area is 176 Å². The van der Waals surface area contributed by atoms with Crippen molar-refractivity contribution < 1.29 is 4.79 Å². The second-order valence-electron chi connectivity index (χ2n) is 7.48. The van der Waals surface area contributed by atoms with Crippen LogP contribution in [-0.2, 0) is 11.3 Å². The Morgan fingerprint density at radius 2 is 1.76 bits per heavy atom. The van der Waals surface area contributed by atoms with Crippen molar-refractivity contribution in [2.24, 2.45) is 11.0 Å². The Balaban J connectivity index is 1.28. The van der Waals surface area contributed by atoms with Crippen molar-refractivity contribution in [3.05, 3.63) is 82.9 Å². The summed E-state index contributed by atoms with van der Waals surface area (Å²) >= 11 is 5.95. The number of hydrogen-bond donors (Lipinski definition) is 1. The zero-order chi connectivity index (χ0) is 20.1. The van der Waals surface area contributed by atoms with Crippen LogP contribution in [0.5, 0.6) is 0 Å². The third-order valence-corrected chi connectivity index (χ3v) is 5.73. The predicted octanol–water partition coefficient (Wildman–Crippen LogP) is 4.86. The van der Waals surface area contributed by atoms with Gasteiger partial charge in [-0.15, -0.1) is 0 Å². The van der Waals surface area contributed by atoms with E-state index in [0.29, 0.717) is 0 Å². The Morgan fingerprint density at radius 3 is 2.55 bits per heavy atom. The van der Waals surface area contributed by atoms with E-state index in [1.165, 1.54) is 5.56 Å². The highest BCUT2D eigenvalue weighted by molar-refractivity contribution is 6.30. The number of nitrogens with zero attached hydrogens (tertiary/aromatic N) is 2. The van der Waals surface area contributed by atoms with E-state index in [9.17, 15) is 4.79 Å². The largest absolute Gasteiger partial charge is 0.299 e. The van der Waals surface area contributed by atoms with Crippen molar-refractivity contribution in [1.29, 1.82) is 0 Å². The van der Waals surface area contributed by atoms with Crippen molar-refractivity contribution >= 4 is 34.5 Å². The van der Waals surface area contributed by atoms with E-state index >= 15 is 0 Å². The van der Waals surface area contributed by atoms with E-state index in [1.54, 1.807) is 6.21 Å². The number of halogens is 1. The number of rotatable bonds is 5. The van der Waals surface area contributed by atoms with Crippen LogP contribution in [0.1, 0.15) is 24.0 Å². The molecule has 0 saturated carbocycles. The lowest BCUT2D eigenvalue weighted by Crippen LogP contribution is -2.39. The minimum absolute atomic E-state index is 0.00706. The normalized spacial score (nSPS) is 15.8. The van der Waals surface area contributed by atoms with Crippen LogP contribution in [0.4, 0.5) is 0 Å². The number of carbonyl (C=O) groups is 1. The summed E-state index contributed by atoms with van der Waals surface area (Å²) in [5.41, 5.74) is 4.98. The summed E-state index contributed by atoms with van der Waals surface area (Å²) in [6.07, 6.45) is 3.43. The van der Waals surface area contributed by atoms with Crippen LogP contribution < -0.4 is 5.43 Å². The summed E-state index contributed by atoms with van der Waals surface area (Å²) in [5, 5.41) is 7.26. The number of hydrazone groups is 1. The molecule has 1 aliphatic rings. The van der Waals surface area contributed by atoms with Gasteiger partial charge in [0.2, 0.25) is 5.91 Å². The molecule has 1 amide bonds. The van der Waals surface area contributed by atoms with Gasteiger partial charge in [0.15, 0.2) is 0 Å². The van der Waals surface area contributed by atoms with Crippen LogP contribution in [0.3, 0.4) is 0 Å². The molecule has 0 bridgehead atoms. The van der Waals surface area contributed by atoms with E-state index in [-0.39, 0.29) is 11.8 Å². The molecule has 1 heterocycles. The number of piperidine rings is 1. The van der Waals surface area contributed by atoms with Gasteiger partial charge in [-0.25, -0.2) is 5.43 Å². The second kappa shape index (κ2) is 9.21. The summed E-state index contributed by atoms with van der Waals surface area (Å²) in [5.74, 6) is 0.0220. The van der Waals surface area contributed by atoms with Gasteiger partial charge in [-0.1, -0.05) is 66.2 Å². The lowest BCUT2D eigenvalue weighted by molar-refractivity contribution is -0.126. The predicted molar refractivity (Wildman–Crippen MR) is 119 cm³/mol. The van der Waals surface area contributed by atoms with E-state index in [2.05, 4.69) is 45.8 Å². The molecule has 3 aromatic rings. The molecule has 3 aromatic carbocycles. The molecular formula is C24H24ClN3O. The lowest BCUT2D eigenvalue weighted by atomic mass is 9.96. The summed E-state index contributed by atoms with van der Waals surface area (Å²) in [6.45, 7) is 2.71. The van der Waals surface area contributed by atoms with Crippen LogP contribution in [0.2, 0.25) is 5.02 Å². The van der Waals surface area contributed by atoms with E-state index in [1.807, 2.05) is 36.4 Å². The third kappa shape index (κ3) is 5.03. The number of nitrogens with one attached hydrogen (secondary N) is 1. The van der Waals surface area contributed by atoms with Crippen molar-refractivity contribution in [2.45, 2.75) is 19.4 Å². The monoisotopic (exact) mass is 405 g/mol. The zero-order valence-electron chi connectivity index (χ0n) is 16.2. The SMILES string of the molecule is O=C(NN=Cc1cccc2ccccc12)C1CCN(Cc2ccc(Cl)cc2)CC1. The number of amides is 1. The summed E-state index contributed by atoms with van der Waals surface area (Å²) in [7, 11) is 0.